The highest BCUT2D eigenvalue weighted by Gasteiger charge is 2.46. The summed E-state index contributed by atoms with van der Waals surface area (Å²) in [6.07, 6.45) is 4.58. The zero-order valence-corrected chi connectivity index (χ0v) is 65.2. The number of anilines is 6. The van der Waals surface area contributed by atoms with Crippen LogP contribution in [0.3, 0.4) is 0 Å². The SMILES string of the molecule is CC1(C)CCC(C)(C)c2cc(-c3ccccc3N3c4ccc(-n5c6ccccc6c6cccc(-n7c8ccccc8c8ccccc87)c65)cc4B4c5cc(-n6c7ccccc7c7cccc(-n8c9ccccc9c9ccccc98)c76)ccc5N(c5ccccc5-c5ccc6c(c5)C(C)(C)CCC6(C)C)c5cccc3c54)ccc21. The minimum absolute atomic E-state index is 0.00753. The summed E-state index contributed by atoms with van der Waals surface area (Å²) in [6, 6.07) is 124. The Morgan fingerprint density at radius 1 is 0.230 bits per heavy atom. The Morgan fingerprint density at radius 3 is 0.903 bits per heavy atom. The zero-order valence-electron chi connectivity index (χ0n) is 65.2. The van der Waals surface area contributed by atoms with Crippen molar-refractivity contribution in [1.29, 1.82) is 0 Å². The first-order valence-electron chi connectivity index (χ1n) is 40.6. The summed E-state index contributed by atoms with van der Waals surface area (Å²) in [5, 5.41) is 9.78. The minimum Gasteiger partial charge on any atom is -0.311 e. The molecule has 0 amide bonds. The first-order chi connectivity index (χ1) is 55.1. The number of para-hydroxylation sites is 10. The highest BCUT2D eigenvalue weighted by molar-refractivity contribution is 7.00. The van der Waals surface area contributed by atoms with Crippen LogP contribution in [0.5, 0.6) is 0 Å². The number of fused-ring (bicyclic) bond motifs is 18. The van der Waals surface area contributed by atoms with Gasteiger partial charge in [-0.25, -0.2) is 0 Å². The maximum Gasteiger partial charge on any atom is 0.252 e. The summed E-state index contributed by atoms with van der Waals surface area (Å²) in [5.41, 5.74) is 35.2. The van der Waals surface area contributed by atoms with E-state index < -0.39 is 0 Å². The van der Waals surface area contributed by atoms with Gasteiger partial charge in [0.15, 0.2) is 0 Å². The second kappa shape index (κ2) is 23.9. The molecule has 0 unspecified atom stereocenters. The number of rotatable bonds is 8. The van der Waals surface area contributed by atoms with Gasteiger partial charge in [0.05, 0.1) is 66.9 Å². The molecule has 7 heteroatoms. The summed E-state index contributed by atoms with van der Waals surface area (Å²) in [4.78, 5) is 5.32. The molecule has 15 aromatic carbocycles. The lowest BCUT2D eigenvalue weighted by Crippen LogP contribution is -2.61. The van der Waals surface area contributed by atoms with Gasteiger partial charge in [-0.2, -0.15) is 0 Å². The van der Waals surface area contributed by atoms with E-state index in [2.05, 4.69) is 405 Å². The van der Waals surface area contributed by atoms with Crippen molar-refractivity contribution in [3.05, 3.63) is 344 Å². The fraction of sp³-hybridized carbons (Fsp3) is 0.151. The van der Waals surface area contributed by atoms with Crippen molar-refractivity contribution in [2.45, 2.75) is 103 Å². The average Bonchev–Trinajstić information content (AvgIpc) is 1.69. The van der Waals surface area contributed by atoms with Crippen LogP contribution in [0.15, 0.2) is 322 Å². The number of benzene rings is 15. The summed E-state index contributed by atoms with van der Waals surface area (Å²) in [5.74, 6) is 0. The normalized spacial score (nSPS) is 15.7. The summed E-state index contributed by atoms with van der Waals surface area (Å²) in [6.45, 7) is 19.3. The quantitative estimate of drug-likeness (QED) is 0.142. The van der Waals surface area contributed by atoms with E-state index >= 15 is 0 Å². The van der Waals surface area contributed by atoms with Gasteiger partial charge in [0.1, 0.15) is 0 Å². The van der Waals surface area contributed by atoms with E-state index in [4.69, 9.17) is 0 Å². The molecule has 4 aliphatic rings. The lowest BCUT2D eigenvalue weighted by molar-refractivity contribution is 0.332. The fourth-order valence-corrected chi connectivity index (χ4v) is 21.3. The molecule has 0 saturated carbocycles. The smallest absolute Gasteiger partial charge is 0.252 e. The molecule has 0 fully saturated rings. The van der Waals surface area contributed by atoms with E-state index in [0.717, 1.165) is 105 Å². The van der Waals surface area contributed by atoms with E-state index in [1.165, 1.54) is 126 Å². The van der Waals surface area contributed by atoms with Gasteiger partial charge in [-0.1, -0.05) is 268 Å². The summed E-state index contributed by atoms with van der Waals surface area (Å²) < 4.78 is 10.2. The fourth-order valence-electron chi connectivity index (χ4n) is 21.3. The van der Waals surface area contributed by atoms with Gasteiger partial charge in [0.25, 0.3) is 6.71 Å². The molecule has 0 saturated heterocycles. The van der Waals surface area contributed by atoms with Gasteiger partial charge in [-0.05, 0) is 206 Å². The summed E-state index contributed by atoms with van der Waals surface area (Å²) >= 11 is 0. The molecule has 23 rings (SSSR count). The van der Waals surface area contributed by atoms with Crippen LogP contribution in [0.2, 0.25) is 0 Å². The number of hydrogen-bond acceptors (Lipinski definition) is 2. The van der Waals surface area contributed by atoms with Crippen LogP contribution in [0.25, 0.3) is 132 Å². The standard InChI is InChI=1S/C106H85BN6/c1-103(2)58-60-105(5,6)82-62-66(50-54-80(82)103)70-28-9-17-38-86(70)112-94-56-52-68(108-88-40-19-15-34-76(88)78-36-25-48-98(101(78)108)110-90-42-21-11-30-72(90)73-31-12-22-43-91(73)110)64-84(94)107-85-65-69(109-89-41-20-16-35-77(89)79-37-26-49-99(102(79)109)111-92-44-23-13-32-74(92)75-33-14-24-45-93(75)111)53-57-95(85)113(97-47-27-46-96(112)100(97)107)87-39-18-10-29-71(87)67-51-55-81-83(63-67)106(7,8)61-59-104(81,3)4/h9-57,62-65H,58-61H2,1-8H3. The second-order valence-electron chi connectivity index (χ2n) is 35.2. The van der Waals surface area contributed by atoms with Crippen molar-refractivity contribution in [3.63, 3.8) is 0 Å². The predicted octanol–water partition coefficient (Wildman–Crippen LogP) is 26.2. The third-order valence-corrected chi connectivity index (χ3v) is 27.1. The van der Waals surface area contributed by atoms with Crippen molar-refractivity contribution in [1.82, 2.24) is 18.3 Å². The molecule has 0 spiro atoms. The highest BCUT2D eigenvalue weighted by atomic mass is 15.2. The molecule has 4 aromatic heterocycles. The lowest BCUT2D eigenvalue weighted by Gasteiger charge is -2.45. The Balaban J connectivity index is 0.834. The van der Waals surface area contributed by atoms with Crippen molar-refractivity contribution < 1.29 is 0 Å². The van der Waals surface area contributed by atoms with Crippen molar-refractivity contribution >= 4 is 144 Å². The van der Waals surface area contributed by atoms with Crippen LogP contribution < -0.4 is 26.2 Å². The molecule has 0 bridgehead atoms. The molecule has 19 aromatic rings. The number of nitrogens with zero attached hydrogens (tertiary/aromatic N) is 6. The second-order valence-corrected chi connectivity index (χ2v) is 35.2. The van der Waals surface area contributed by atoms with Crippen molar-refractivity contribution in [2.75, 3.05) is 9.80 Å². The third-order valence-electron chi connectivity index (χ3n) is 27.1. The van der Waals surface area contributed by atoms with E-state index in [-0.39, 0.29) is 28.4 Å². The predicted molar refractivity (Wildman–Crippen MR) is 479 cm³/mol. The molecule has 0 atom stereocenters. The first kappa shape index (κ1) is 66.0. The van der Waals surface area contributed by atoms with Crippen molar-refractivity contribution in [2.24, 2.45) is 0 Å². The molecule has 113 heavy (non-hydrogen) atoms. The molecular weight excluding hydrogens is 1370 g/mol. The average molecular weight is 1450 g/mol. The Bertz CT molecular complexity index is 6770. The Labute approximate surface area is 659 Å². The number of hydrogen-bond donors (Lipinski definition) is 0. The van der Waals surface area contributed by atoms with Crippen LogP contribution in [0.4, 0.5) is 34.1 Å². The molecule has 2 aliphatic carbocycles. The van der Waals surface area contributed by atoms with Crippen LogP contribution in [-0.2, 0) is 21.7 Å². The van der Waals surface area contributed by atoms with Crippen LogP contribution in [-0.4, -0.2) is 25.0 Å². The van der Waals surface area contributed by atoms with E-state index in [9.17, 15) is 0 Å². The molecule has 6 heterocycles. The minimum atomic E-state index is -0.286. The van der Waals surface area contributed by atoms with Gasteiger partial charge in [0, 0.05) is 88.3 Å². The van der Waals surface area contributed by atoms with Gasteiger partial charge >= 0.3 is 0 Å². The van der Waals surface area contributed by atoms with Crippen LogP contribution >= 0.6 is 0 Å². The number of aromatic nitrogens is 4. The maximum absolute atomic E-state index is 2.66. The van der Waals surface area contributed by atoms with E-state index in [1.807, 2.05) is 0 Å². The highest BCUT2D eigenvalue weighted by Crippen LogP contribution is 2.54. The molecule has 0 N–H and O–H groups in total. The first-order valence-corrected chi connectivity index (χ1v) is 40.6. The maximum atomic E-state index is 2.66. The summed E-state index contributed by atoms with van der Waals surface area (Å²) in [7, 11) is 0. The van der Waals surface area contributed by atoms with Crippen LogP contribution in [0.1, 0.15) is 103 Å². The third kappa shape index (κ3) is 9.43. The molecule has 2 aliphatic heterocycles. The van der Waals surface area contributed by atoms with Gasteiger partial charge < -0.3 is 28.1 Å². The van der Waals surface area contributed by atoms with E-state index in [1.54, 1.807) is 0 Å². The lowest BCUT2D eigenvalue weighted by atomic mass is 9.33. The topological polar surface area (TPSA) is 26.2 Å². The molecular formula is C106H85BN6. The van der Waals surface area contributed by atoms with Crippen LogP contribution in [0, 0.1) is 0 Å². The van der Waals surface area contributed by atoms with Gasteiger partial charge in [-0.3, -0.25) is 0 Å². The molecule has 0 radical (unpaired) electrons. The van der Waals surface area contributed by atoms with E-state index in [0.29, 0.717) is 0 Å². The largest absolute Gasteiger partial charge is 0.311 e. The van der Waals surface area contributed by atoms with Gasteiger partial charge in [-0.15, -0.1) is 0 Å². The molecule has 542 valence electrons. The zero-order chi connectivity index (χ0) is 75.7. The molecule has 6 nitrogen and oxygen atoms in total. The van der Waals surface area contributed by atoms with Crippen molar-refractivity contribution in [3.8, 4) is 45.0 Å². The Hall–Kier alpha value is -12.8. The van der Waals surface area contributed by atoms with Gasteiger partial charge in [0.2, 0.25) is 0 Å². The Kier molecular flexibility index (Phi) is 13.9. The Morgan fingerprint density at radius 2 is 0.522 bits per heavy atom. The monoisotopic (exact) mass is 1450 g/mol.